The lowest BCUT2D eigenvalue weighted by atomic mass is 10.00. The summed E-state index contributed by atoms with van der Waals surface area (Å²) in [4.78, 5) is 27.2. The summed E-state index contributed by atoms with van der Waals surface area (Å²) in [5.74, 6) is 0.310. The van der Waals surface area contributed by atoms with Gasteiger partial charge in [0.2, 0.25) is 5.91 Å². The zero-order chi connectivity index (χ0) is 19.2. The van der Waals surface area contributed by atoms with Crippen LogP contribution in [0.25, 0.3) is 0 Å². The molecule has 0 radical (unpaired) electrons. The first-order chi connectivity index (χ1) is 13.0. The quantitative estimate of drug-likeness (QED) is 0.717. The molecule has 1 fully saturated rings. The van der Waals surface area contributed by atoms with E-state index in [1.54, 1.807) is 6.07 Å². The molecule has 2 aliphatic rings. The molecule has 3 N–H and O–H groups in total. The molecule has 0 unspecified atom stereocenters. The van der Waals surface area contributed by atoms with Crippen molar-refractivity contribution in [1.82, 2.24) is 10.2 Å². The van der Waals surface area contributed by atoms with E-state index in [9.17, 15) is 9.59 Å². The predicted octanol–water partition coefficient (Wildman–Crippen LogP) is 3.07. The van der Waals surface area contributed by atoms with Gasteiger partial charge in [0.1, 0.15) is 6.04 Å². The van der Waals surface area contributed by atoms with E-state index < -0.39 is 0 Å². The van der Waals surface area contributed by atoms with Crippen molar-refractivity contribution >= 4 is 23.2 Å². The molecule has 2 heterocycles. The minimum atomic E-state index is -0.217. The molecule has 0 aliphatic carbocycles. The van der Waals surface area contributed by atoms with Crippen LogP contribution in [0.5, 0.6) is 0 Å². The molecule has 148 valence electrons. The Labute approximate surface area is 162 Å². The molecule has 0 spiro atoms. The van der Waals surface area contributed by atoms with Crippen molar-refractivity contribution in [3.63, 3.8) is 0 Å². The van der Waals surface area contributed by atoms with Crippen molar-refractivity contribution in [2.75, 3.05) is 36.8 Å². The van der Waals surface area contributed by atoms with Gasteiger partial charge in [0, 0.05) is 18.7 Å². The molecule has 1 saturated heterocycles. The normalized spacial score (nSPS) is 20.4. The number of anilines is 2. The zero-order valence-corrected chi connectivity index (χ0v) is 16.5. The lowest BCUT2D eigenvalue weighted by Gasteiger charge is -2.28. The summed E-state index contributed by atoms with van der Waals surface area (Å²) in [5, 5.41) is 9.23. The van der Waals surface area contributed by atoms with Crippen LogP contribution in [0, 0.1) is 5.92 Å². The molecule has 1 aromatic carbocycles. The predicted molar refractivity (Wildman–Crippen MR) is 109 cm³/mol. The highest BCUT2D eigenvalue weighted by Gasteiger charge is 2.26. The van der Waals surface area contributed by atoms with Gasteiger partial charge >= 0.3 is 0 Å². The van der Waals surface area contributed by atoms with E-state index in [0.717, 1.165) is 31.7 Å². The topological polar surface area (TPSA) is 73.5 Å². The zero-order valence-electron chi connectivity index (χ0n) is 16.5. The maximum Gasteiger partial charge on any atom is 0.251 e. The van der Waals surface area contributed by atoms with Gasteiger partial charge in [0.25, 0.3) is 5.91 Å². The van der Waals surface area contributed by atoms with Gasteiger partial charge in [-0.05, 0) is 56.5 Å². The molecule has 0 bridgehead atoms. The number of nitrogens with one attached hydrogen (secondary N) is 3. The summed E-state index contributed by atoms with van der Waals surface area (Å²) in [7, 11) is 0. The smallest absolute Gasteiger partial charge is 0.251 e. The number of rotatable bonds is 6. The second-order valence-corrected chi connectivity index (χ2v) is 8.09. The highest BCUT2D eigenvalue weighted by atomic mass is 16.2. The fraction of sp³-hybridized carbons (Fsp3) is 0.619. The average molecular weight is 373 g/mol. The number of benzene rings is 1. The van der Waals surface area contributed by atoms with Crippen molar-refractivity contribution < 1.29 is 9.59 Å². The van der Waals surface area contributed by atoms with Crippen molar-refractivity contribution in [3.05, 3.63) is 23.8 Å². The highest BCUT2D eigenvalue weighted by molar-refractivity contribution is 6.05. The van der Waals surface area contributed by atoms with Crippen molar-refractivity contribution in [2.45, 2.75) is 52.0 Å². The Bertz CT molecular complexity index is 666. The van der Waals surface area contributed by atoms with E-state index in [2.05, 4.69) is 34.7 Å². The molecule has 2 aliphatic heterocycles. The van der Waals surface area contributed by atoms with Crippen molar-refractivity contribution in [1.29, 1.82) is 0 Å². The molecule has 0 aromatic heterocycles. The van der Waals surface area contributed by atoms with E-state index in [4.69, 9.17) is 0 Å². The molecule has 1 atom stereocenters. The summed E-state index contributed by atoms with van der Waals surface area (Å²) < 4.78 is 0. The monoisotopic (exact) mass is 372 g/mol. The van der Waals surface area contributed by atoms with E-state index in [1.165, 1.54) is 25.7 Å². The van der Waals surface area contributed by atoms with Crippen LogP contribution in [0.2, 0.25) is 0 Å². The van der Waals surface area contributed by atoms with Gasteiger partial charge in [0.05, 0.1) is 11.4 Å². The first-order valence-electron chi connectivity index (χ1n) is 10.2. The number of hydrogen-bond acceptors (Lipinski definition) is 4. The minimum Gasteiger partial charge on any atom is -0.372 e. The van der Waals surface area contributed by atoms with E-state index in [0.29, 0.717) is 23.7 Å². The molecule has 6 nitrogen and oxygen atoms in total. The summed E-state index contributed by atoms with van der Waals surface area (Å²) in [5.41, 5.74) is 2.13. The Balaban J connectivity index is 1.54. The van der Waals surface area contributed by atoms with Crippen LogP contribution in [0.15, 0.2) is 18.2 Å². The Kier molecular flexibility index (Phi) is 6.72. The molecular formula is C21H32N4O2. The number of likely N-dealkylation sites (tertiary alicyclic amines) is 1. The second kappa shape index (κ2) is 9.22. The van der Waals surface area contributed by atoms with Crippen molar-refractivity contribution in [3.8, 4) is 0 Å². The number of carbonyl (C=O) groups excluding carboxylic acids is 2. The van der Waals surface area contributed by atoms with Gasteiger partial charge in [-0.3, -0.25) is 9.59 Å². The number of nitrogens with zero attached hydrogens (tertiary/aromatic N) is 1. The number of fused-ring (bicyclic) bond motifs is 1. The highest BCUT2D eigenvalue weighted by Crippen LogP contribution is 2.29. The third-order valence-electron chi connectivity index (χ3n) is 5.31. The molecule has 6 heteroatoms. The van der Waals surface area contributed by atoms with Crippen LogP contribution >= 0.6 is 0 Å². The Morgan fingerprint density at radius 1 is 1.19 bits per heavy atom. The average Bonchev–Trinajstić information content (AvgIpc) is 2.90. The molecule has 1 aromatic rings. The Morgan fingerprint density at radius 3 is 2.63 bits per heavy atom. The SMILES string of the molecule is CC(C)C[C@@H]1Nc2ccc(C(=O)NCCN3CCCCCC3)cc2NC1=O. The third kappa shape index (κ3) is 5.45. The molecular weight excluding hydrogens is 340 g/mol. The van der Waals surface area contributed by atoms with Crippen LogP contribution in [-0.4, -0.2) is 48.9 Å². The van der Waals surface area contributed by atoms with Crippen LogP contribution in [-0.2, 0) is 4.79 Å². The van der Waals surface area contributed by atoms with Gasteiger partial charge in [-0.15, -0.1) is 0 Å². The lowest BCUT2D eigenvalue weighted by molar-refractivity contribution is -0.117. The number of hydrogen-bond donors (Lipinski definition) is 3. The molecule has 27 heavy (non-hydrogen) atoms. The summed E-state index contributed by atoms with van der Waals surface area (Å²) in [6.07, 6.45) is 5.92. The maximum absolute atomic E-state index is 12.5. The van der Waals surface area contributed by atoms with E-state index in [1.807, 2.05) is 12.1 Å². The van der Waals surface area contributed by atoms with Gasteiger partial charge in [0.15, 0.2) is 0 Å². The Hall–Kier alpha value is -2.08. The van der Waals surface area contributed by atoms with Gasteiger partial charge in [-0.2, -0.15) is 0 Å². The van der Waals surface area contributed by atoms with Gasteiger partial charge < -0.3 is 20.9 Å². The largest absolute Gasteiger partial charge is 0.372 e. The fourth-order valence-corrected chi connectivity index (χ4v) is 3.81. The lowest BCUT2D eigenvalue weighted by Crippen LogP contribution is -2.40. The van der Waals surface area contributed by atoms with E-state index in [-0.39, 0.29) is 17.9 Å². The summed E-state index contributed by atoms with van der Waals surface area (Å²) >= 11 is 0. The van der Waals surface area contributed by atoms with Gasteiger partial charge in [-0.25, -0.2) is 0 Å². The Morgan fingerprint density at radius 2 is 1.93 bits per heavy atom. The standard InChI is InChI=1S/C21H32N4O2/c1-15(2)13-19-21(27)24-18-14-16(7-8-17(18)23-19)20(26)22-9-12-25-10-5-3-4-6-11-25/h7-8,14-15,19,23H,3-6,9-13H2,1-2H3,(H,22,26)(H,24,27)/t19-/m0/s1. The molecule has 3 rings (SSSR count). The fourth-order valence-electron chi connectivity index (χ4n) is 3.81. The first kappa shape index (κ1) is 19.7. The third-order valence-corrected chi connectivity index (χ3v) is 5.31. The summed E-state index contributed by atoms with van der Waals surface area (Å²) in [6, 6.07) is 5.24. The number of amides is 2. The van der Waals surface area contributed by atoms with Crippen LogP contribution in [0.3, 0.4) is 0 Å². The number of carbonyl (C=O) groups is 2. The summed E-state index contributed by atoms with van der Waals surface area (Å²) in [6.45, 7) is 8.00. The molecule has 2 amide bonds. The first-order valence-corrected chi connectivity index (χ1v) is 10.2. The van der Waals surface area contributed by atoms with Crippen molar-refractivity contribution in [2.24, 2.45) is 5.92 Å². The van der Waals surface area contributed by atoms with E-state index >= 15 is 0 Å². The minimum absolute atomic E-state index is 0.0325. The van der Waals surface area contributed by atoms with Crippen LogP contribution in [0.4, 0.5) is 11.4 Å². The molecule has 0 saturated carbocycles. The van der Waals surface area contributed by atoms with Crippen LogP contribution in [0.1, 0.15) is 56.3 Å². The van der Waals surface area contributed by atoms with Crippen LogP contribution < -0.4 is 16.0 Å². The second-order valence-electron chi connectivity index (χ2n) is 8.09. The van der Waals surface area contributed by atoms with Gasteiger partial charge in [-0.1, -0.05) is 26.7 Å². The maximum atomic E-state index is 12.5.